The molecule has 1 aromatic rings. The number of carbonyl (C=O) groups excluding carboxylic acids is 1. The van der Waals surface area contributed by atoms with Gasteiger partial charge in [0.1, 0.15) is 6.61 Å². The fourth-order valence-electron chi connectivity index (χ4n) is 1.58. The second-order valence-corrected chi connectivity index (χ2v) is 4.49. The van der Waals surface area contributed by atoms with E-state index in [1.165, 1.54) is 0 Å². The van der Waals surface area contributed by atoms with E-state index in [1.54, 1.807) is 0 Å². The minimum Gasteiger partial charge on any atom is -0.461 e. The molecule has 0 aliphatic heterocycles. The Kier molecular flexibility index (Phi) is 7.15. The summed E-state index contributed by atoms with van der Waals surface area (Å²) < 4.78 is 15.7. The number of ether oxygens (including phenoxy) is 3. The van der Waals surface area contributed by atoms with Gasteiger partial charge in [-0.3, -0.25) is 0 Å². The lowest BCUT2D eigenvalue weighted by molar-refractivity contribution is -0.153. The third-order valence-electron chi connectivity index (χ3n) is 2.32. The third kappa shape index (κ3) is 6.94. The molecule has 0 aliphatic rings. The molecule has 4 heteroatoms. The fourth-order valence-corrected chi connectivity index (χ4v) is 1.58. The average Bonchev–Trinajstić information content (AvgIpc) is 2.36. The van der Waals surface area contributed by atoms with E-state index in [9.17, 15) is 4.79 Å². The SMILES string of the molecule is CCOCc1cccc(COCC(=O)OC(C)C)c1. The Morgan fingerprint density at radius 2 is 1.79 bits per heavy atom. The highest BCUT2D eigenvalue weighted by Crippen LogP contribution is 2.08. The van der Waals surface area contributed by atoms with Crippen LogP contribution in [-0.2, 0) is 32.2 Å². The monoisotopic (exact) mass is 266 g/mol. The highest BCUT2D eigenvalue weighted by atomic mass is 16.6. The Hall–Kier alpha value is -1.39. The number of hydrogen-bond acceptors (Lipinski definition) is 4. The molecule has 4 nitrogen and oxygen atoms in total. The zero-order valence-corrected chi connectivity index (χ0v) is 11.8. The van der Waals surface area contributed by atoms with Crippen molar-refractivity contribution in [3.05, 3.63) is 35.4 Å². The zero-order valence-electron chi connectivity index (χ0n) is 11.8. The summed E-state index contributed by atoms with van der Waals surface area (Å²) in [4.78, 5) is 11.3. The number of rotatable bonds is 8. The standard InChI is InChI=1S/C15H22O4/c1-4-17-9-13-6-5-7-14(8-13)10-18-11-15(16)19-12(2)3/h5-8,12H,4,9-11H2,1-3H3. The van der Waals surface area contributed by atoms with Crippen molar-refractivity contribution in [3.63, 3.8) is 0 Å². The van der Waals surface area contributed by atoms with Crippen molar-refractivity contribution < 1.29 is 19.0 Å². The molecule has 1 aromatic carbocycles. The Morgan fingerprint density at radius 1 is 1.16 bits per heavy atom. The Labute approximate surface area is 114 Å². The third-order valence-corrected chi connectivity index (χ3v) is 2.32. The molecular formula is C15H22O4. The van der Waals surface area contributed by atoms with E-state index >= 15 is 0 Å². The first-order valence-corrected chi connectivity index (χ1v) is 6.54. The van der Waals surface area contributed by atoms with E-state index in [2.05, 4.69) is 0 Å². The first kappa shape index (κ1) is 15.7. The van der Waals surface area contributed by atoms with Crippen LogP contribution in [0.15, 0.2) is 24.3 Å². The van der Waals surface area contributed by atoms with E-state index in [4.69, 9.17) is 14.2 Å². The van der Waals surface area contributed by atoms with Crippen molar-refractivity contribution in [2.24, 2.45) is 0 Å². The molecule has 0 N–H and O–H groups in total. The summed E-state index contributed by atoms with van der Waals surface area (Å²) in [5.74, 6) is -0.333. The van der Waals surface area contributed by atoms with E-state index in [0.29, 0.717) is 19.8 Å². The van der Waals surface area contributed by atoms with Gasteiger partial charge in [0.15, 0.2) is 0 Å². The van der Waals surface area contributed by atoms with Crippen LogP contribution in [0.2, 0.25) is 0 Å². The van der Waals surface area contributed by atoms with Gasteiger partial charge in [0.25, 0.3) is 0 Å². The molecule has 0 heterocycles. The maximum atomic E-state index is 11.3. The van der Waals surface area contributed by atoms with Gasteiger partial charge >= 0.3 is 5.97 Å². The first-order valence-electron chi connectivity index (χ1n) is 6.54. The van der Waals surface area contributed by atoms with Crippen LogP contribution >= 0.6 is 0 Å². The number of hydrogen-bond donors (Lipinski definition) is 0. The second-order valence-electron chi connectivity index (χ2n) is 4.49. The van der Waals surface area contributed by atoms with Crippen molar-refractivity contribution >= 4 is 5.97 Å². The average molecular weight is 266 g/mol. The maximum absolute atomic E-state index is 11.3. The van der Waals surface area contributed by atoms with Crippen molar-refractivity contribution in [2.45, 2.75) is 40.1 Å². The summed E-state index contributed by atoms with van der Waals surface area (Å²) in [7, 11) is 0. The summed E-state index contributed by atoms with van der Waals surface area (Å²) in [5.41, 5.74) is 2.13. The molecule has 0 saturated heterocycles. The van der Waals surface area contributed by atoms with Crippen LogP contribution in [0.1, 0.15) is 31.9 Å². The minimum atomic E-state index is -0.333. The summed E-state index contributed by atoms with van der Waals surface area (Å²) in [6.07, 6.45) is -0.106. The number of carbonyl (C=O) groups is 1. The molecule has 0 fully saturated rings. The van der Waals surface area contributed by atoms with Crippen LogP contribution in [0.5, 0.6) is 0 Å². The maximum Gasteiger partial charge on any atom is 0.332 e. The van der Waals surface area contributed by atoms with E-state index in [1.807, 2.05) is 45.0 Å². The molecule has 19 heavy (non-hydrogen) atoms. The fraction of sp³-hybridized carbons (Fsp3) is 0.533. The van der Waals surface area contributed by atoms with Gasteiger partial charge in [0, 0.05) is 6.61 Å². The van der Waals surface area contributed by atoms with Crippen molar-refractivity contribution in [2.75, 3.05) is 13.2 Å². The van der Waals surface area contributed by atoms with Crippen molar-refractivity contribution in [3.8, 4) is 0 Å². The molecule has 0 aliphatic carbocycles. The number of esters is 1. The molecule has 0 radical (unpaired) electrons. The lowest BCUT2D eigenvalue weighted by atomic mass is 10.1. The molecule has 0 amide bonds. The summed E-state index contributed by atoms with van der Waals surface area (Å²) in [5, 5.41) is 0. The van der Waals surface area contributed by atoms with Gasteiger partial charge in [-0.25, -0.2) is 4.79 Å². The van der Waals surface area contributed by atoms with Crippen LogP contribution in [0, 0.1) is 0 Å². The molecule has 0 bridgehead atoms. The normalized spacial score (nSPS) is 10.7. The molecular weight excluding hydrogens is 244 g/mol. The van der Waals surface area contributed by atoms with Gasteiger partial charge in [-0.1, -0.05) is 24.3 Å². The van der Waals surface area contributed by atoms with Gasteiger partial charge in [0.05, 0.1) is 19.3 Å². The Balaban J connectivity index is 2.34. The topological polar surface area (TPSA) is 44.8 Å². The Bertz CT molecular complexity index is 387. The molecule has 0 unspecified atom stereocenters. The Morgan fingerprint density at radius 3 is 2.37 bits per heavy atom. The van der Waals surface area contributed by atoms with E-state index < -0.39 is 0 Å². The summed E-state index contributed by atoms with van der Waals surface area (Å²) >= 11 is 0. The van der Waals surface area contributed by atoms with Crippen LogP contribution in [0.25, 0.3) is 0 Å². The summed E-state index contributed by atoms with van der Waals surface area (Å²) in [6.45, 7) is 7.26. The van der Waals surface area contributed by atoms with Gasteiger partial charge in [-0.15, -0.1) is 0 Å². The van der Waals surface area contributed by atoms with Gasteiger partial charge in [-0.2, -0.15) is 0 Å². The molecule has 1 rings (SSSR count). The van der Waals surface area contributed by atoms with Gasteiger partial charge in [0.2, 0.25) is 0 Å². The predicted molar refractivity (Wildman–Crippen MR) is 72.7 cm³/mol. The smallest absolute Gasteiger partial charge is 0.332 e. The molecule has 0 spiro atoms. The molecule has 0 saturated carbocycles. The second kappa shape index (κ2) is 8.67. The number of benzene rings is 1. The van der Waals surface area contributed by atoms with Crippen molar-refractivity contribution in [1.29, 1.82) is 0 Å². The van der Waals surface area contributed by atoms with E-state index in [-0.39, 0.29) is 18.7 Å². The molecule has 106 valence electrons. The first-order chi connectivity index (χ1) is 9.11. The van der Waals surface area contributed by atoms with Crippen LogP contribution in [-0.4, -0.2) is 25.3 Å². The minimum absolute atomic E-state index is 0.0200. The highest BCUT2D eigenvalue weighted by molar-refractivity contribution is 5.70. The summed E-state index contributed by atoms with van der Waals surface area (Å²) in [6, 6.07) is 7.94. The largest absolute Gasteiger partial charge is 0.461 e. The van der Waals surface area contributed by atoms with E-state index in [0.717, 1.165) is 11.1 Å². The van der Waals surface area contributed by atoms with Gasteiger partial charge < -0.3 is 14.2 Å². The lowest BCUT2D eigenvalue weighted by Crippen LogP contribution is -2.16. The van der Waals surface area contributed by atoms with Gasteiger partial charge in [-0.05, 0) is 31.9 Å². The predicted octanol–water partition coefficient (Wildman–Crippen LogP) is 2.69. The lowest BCUT2D eigenvalue weighted by Gasteiger charge is -2.09. The molecule has 0 atom stereocenters. The quantitative estimate of drug-likeness (QED) is 0.679. The van der Waals surface area contributed by atoms with Crippen molar-refractivity contribution in [1.82, 2.24) is 0 Å². The highest BCUT2D eigenvalue weighted by Gasteiger charge is 2.05. The van der Waals surface area contributed by atoms with Crippen LogP contribution in [0.3, 0.4) is 0 Å². The molecule has 0 aromatic heterocycles. The zero-order chi connectivity index (χ0) is 14.1. The van der Waals surface area contributed by atoms with Crippen LogP contribution in [0.4, 0.5) is 0 Å². The van der Waals surface area contributed by atoms with Crippen LogP contribution < -0.4 is 0 Å².